The van der Waals surface area contributed by atoms with Crippen LogP contribution in [0.15, 0.2) is 48.5 Å². The van der Waals surface area contributed by atoms with Gasteiger partial charge in [-0.15, -0.1) is 0 Å². The van der Waals surface area contributed by atoms with Crippen molar-refractivity contribution in [3.8, 4) is 5.75 Å². The Labute approximate surface area is 180 Å². The molecule has 2 aromatic carbocycles. The van der Waals surface area contributed by atoms with E-state index in [-0.39, 0.29) is 18.2 Å². The van der Waals surface area contributed by atoms with Crippen LogP contribution in [0.25, 0.3) is 0 Å². The van der Waals surface area contributed by atoms with Crippen molar-refractivity contribution in [3.63, 3.8) is 0 Å². The van der Waals surface area contributed by atoms with E-state index in [1.807, 2.05) is 13.8 Å². The molecule has 0 aliphatic carbocycles. The van der Waals surface area contributed by atoms with Gasteiger partial charge in [-0.1, -0.05) is 25.4 Å². The molecular weight excluding hydrogens is 406 g/mol. The van der Waals surface area contributed by atoms with Gasteiger partial charge in [-0.05, 0) is 54.4 Å². The number of amides is 4. The van der Waals surface area contributed by atoms with Gasteiger partial charge < -0.3 is 15.0 Å². The van der Waals surface area contributed by atoms with Gasteiger partial charge in [0, 0.05) is 17.3 Å². The Morgan fingerprint density at radius 2 is 1.73 bits per heavy atom. The van der Waals surface area contributed by atoms with E-state index in [0.717, 1.165) is 4.90 Å². The summed E-state index contributed by atoms with van der Waals surface area (Å²) in [6.45, 7) is 4.29. The van der Waals surface area contributed by atoms with Gasteiger partial charge in [0.15, 0.2) is 0 Å². The molecule has 0 saturated carbocycles. The number of ether oxygens (including phenoxy) is 1. The minimum absolute atomic E-state index is 0.132. The molecule has 0 bridgehead atoms. The fraction of sp³-hybridized carbons (Fsp3) is 0.318. The van der Waals surface area contributed by atoms with E-state index < -0.39 is 18.0 Å². The molecule has 3 rings (SSSR count). The highest BCUT2D eigenvalue weighted by atomic mass is 35.5. The van der Waals surface area contributed by atoms with Crippen LogP contribution in [0.4, 0.5) is 16.2 Å². The highest BCUT2D eigenvalue weighted by Gasteiger charge is 2.46. The third-order valence-electron chi connectivity index (χ3n) is 4.72. The summed E-state index contributed by atoms with van der Waals surface area (Å²) in [4.78, 5) is 41.4. The predicted octanol–water partition coefficient (Wildman–Crippen LogP) is 4.17. The van der Waals surface area contributed by atoms with E-state index in [0.29, 0.717) is 28.7 Å². The second-order valence-corrected chi connectivity index (χ2v) is 7.91. The first kappa shape index (κ1) is 21.6. The van der Waals surface area contributed by atoms with Crippen molar-refractivity contribution in [3.05, 3.63) is 53.6 Å². The molecule has 1 atom stereocenters. The number of carbonyl (C=O) groups is 3. The van der Waals surface area contributed by atoms with Crippen molar-refractivity contribution in [2.45, 2.75) is 26.3 Å². The number of nitrogens with zero attached hydrogens (tertiary/aromatic N) is 2. The molecule has 8 heteroatoms. The zero-order chi connectivity index (χ0) is 21.8. The van der Waals surface area contributed by atoms with Crippen LogP contribution < -0.4 is 15.0 Å². The summed E-state index contributed by atoms with van der Waals surface area (Å²) in [6, 6.07) is 12.1. The normalized spacial score (nSPS) is 16.4. The maximum absolute atomic E-state index is 13.1. The van der Waals surface area contributed by atoms with E-state index in [1.165, 1.54) is 4.90 Å². The lowest BCUT2D eigenvalue weighted by atomic mass is 10.1. The zero-order valence-corrected chi connectivity index (χ0v) is 17.8. The molecule has 0 aromatic heterocycles. The molecule has 0 radical (unpaired) electrons. The van der Waals surface area contributed by atoms with Crippen LogP contribution in [0.5, 0.6) is 5.75 Å². The van der Waals surface area contributed by atoms with E-state index >= 15 is 0 Å². The lowest BCUT2D eigenvalue weighted by Gasteiger charge is -2.23. The number of halogens is 1. The first-order chi connectivity index (χ1) is 14.3. The second kappa shape index (κ2) is 9.17. The van der Waals surface area contributed by atoms with Crippen molar-refractivity contribution in [2.75, 3.05) is 23.9 Å². The van der Waals surface area contributed by atoms with E-state index in [1.54, 1.807) is 55.6 Å². The summed E-state index contributed by atoms with van der Waals surface area (Å²) < 4.78 is 5.14. The Morgan fingerprint density at radius 1 is 1.10 bits per heavy atom. The Hall–Kier alpha value is -3.06. The minimum atomic E-state index is -0.866. The number of carbonyl (C=O) groups excluding carboxylic acids is 3. The van der Waals surface area contributed by atoms with Crippen LogP contribution >= 0.6 is 11.6 Å². The minimum Gasteiger partial charge on any atom is -0.497 e. The van der Waals surface area contributed by atoms with Crippen LogP contribution in [0.1, 0.15) is 20.3 Å². The first-order valence-corrected chi connectivity index (χ1v) is 10.0. The maximum Gasteiger partial charge on any atom is 0.332 e. The summed E-state index contributed by atoms with van der Waals surface area (Å²) in [5.41, 5.74) is 1.02. The predicted molar refractivity (Wildman–Crippen MR) is 116 cm³/mol. The lowest BCUT2D eigenvalue weighted by molar-refractivity contribution is -0.124. The van der Waals surface area contributed by atoms with E-state index in [4.69, 9.17) is 16.3 Å². The van der Waals surface area contributed by atoms with Crippen molar-refractivity contribution >= 4 is 40.8 Å². The second-order valence-electron chi connectivity index (χ2n) is 7.48. The Bertz CT molecular complexity index is 928. The maximum atomic E-state index is 13.1. The molecule has 30 heavy (non-hydrogen) atoms. The molecule has 1 heterocycles. The summed E-state index contributed by atoms with van der Waals surface area (Å²) in [6.07, 6.45) is -0.132. The monoisotopic (exact) mass is 429 g/mol. The van der Waals surface area contributed by atoms with Crippen LogP contribution in [0.2, 0.25) is 5.02 Å². The number of anilines is 2. The summed E-state index contributed by atoms with van der Waals surface area (Å²) in [7, 11) is 1.54. The third kappa shape index (κ3) is 4.74. The SMILES string of the molecule is COc1ccc(N2C(=O)[C@@H](CC(=O)Nc3ccc(Cl)cc3)N(CC(C)C)C2=O)cc1. The van der Waals surface area contributed by atoms with Crippen molar-refractivity contribution in [1.82, 2.24) is 4.90 Å². The van der Waals surface area contributed by atoms with E-state index in [2.05, 4.69) is 5.32 Å². The van der Waals surface area contributed by atoms with Crippen LogP contribution in [-0.2, 0) is 9.59 Å². The fourth-order valence-electron chi connectivity index (χ4n) is 3.32. The van der Waals surface area contributed by atoms with Crippen LogP contribution in [0, 0.1) is 5.92 Å². The van der Waals surface area contributed by atoms with Gasteiger partial charge in [0.25, 0.3) is 5.91 Å². The number of nitrogens with one attached hydrogen (secondary N) is 1. The molecule has 4 amide bonds. The van der Waals surface area contributed by atoms with Gasteiger partial charge in [-0.3, -0.25) is 9.59 Å². The highest BCUT2D eigenvalue weighted by Crippen LogP contribution is 2.29. The van der Waals surface area contributed by atoms with Gasteiger partial charge in [0.05, 0.1) is 19.2 Å². The number of methoxy groups -OCH3 is 1. The summed E-state index contributed by atoms with van der Waals surface area (Å²) >= 11 is 5.87. The van der Waals surface area contributed by atoms with Crippen molar-refractivity contribution in [1.29, 1.82) is 0 Å². The molecule has 2 aromatic rings. The Kier molecular flexibility index (Phi) is 6.62. The fourth-order valence-corrected chi connectivity index (χ4v) is 3.45. The molecule has 1 aliphatic heterocycles. The molecule has 1 fully saturated rings. The molecule has 158 valence electrons. The average molecular weight is 430 g/mol. The van der Waals surface area contributed by atoms with Gasteiger partial charge in [-0.25, -0.2) is 9.69 Å². The van der Waals surface area contributed by atoms with Gasteiger partial charge >= 0.3 is 6.03 Å². The van der Waals surface area contributed by atoms with Gasteiger partial charge in [0.1, 0.15) is 11.8 Å². The number of hydrogen-bond donors (Lipinski definition) is 1. The Balaban J connectivity index is 1.81. The van der Waals surface area contributed by atoms with Crippen molar-refractivity contribution < 1.29 is 19.1 Å². The zero-order valence-electron chi connectivity index (χ0n) is 17.1. The smallest absolute Gasteiger partial charge is 0.332 e. The number of hydrogen-bond acceptors (Lipinski definition) is 4. The van der Waals surface area contributed by atoms with Crippen LogP contribution in [0.3, 0.4) is 0 Å². The first-order valence-electron chi connectivity index (χ1n) is 9.64. The summed E-state index contributed by atoms with van der Waals surface area (Å²) in [5.74, 6) is -0.0129. The third-order valence-corrected chi connectivity index (χ3v) is 4.97. The lowest BCUT2D eigenvalue weighted by Crippen LogP contribution is -2.40. The number of imide groups is 1. The van der Waals surface area contributed by atoms with Gasteiger partial charge in [-0.2, -0.15) is 0 Å². The molecule has 1 saturated heterocycles. The van der Waals surface area contributed by atoms with Crippen molar-refractivity contribution in [2.24, 2.45) is 5.92 Å². The largest absolute Gasteiger partial charge is 0.497 e. The molecule has 0 unspecified atom stereocenters. The molecular formula is C22H24ClN3O4. The number of urea groups is 1. The topological polar surface area (TPSA) is 79.0 Å². The highest BCUT2D eigenvalue weighted by molar-refractivity contribution is 6.30. The standard InChI is InChI=1S/C22H24ClN3O4/c1-14(2)13-25-19(12-20(27)24-16-6-4-15(23)5-7-16)21(28)26(22(25)29)17-8-10-18(30-3)11-9-17/h4-11,14,19H,12-13H2,1-3H3,(H,24,27)/t19-/m1/s1. The Morgan fingerprint density at radius 3 is 2.30 bits per heavy atom. The quantitative estimate of drug-likeness (QED) is 0.670. The summed E-state index contributed by atoms with van der Waals surface area (Å²) in [5, 5.41) is 3.31. The number of benzene rings is 2. The average Bonchev–Trinajstić information content (AvgIpc) is 2.93. The number of rotatable bonds is 7. The van der Waals surface area contributed by atoms with Crippen LogP contribution in [-0.4, -0.2) is 42.4 Å². The van der Waals surface area contributed by atoms with Gasteiger partial charge in [0.2, 0.25) is 5.91 Å². The molecule has 1 N–H and O–H groups in total. The molecule has 0 spiro atoms. The molecule has 1 aliphatic rings. The van der Waals surface area contributed by atoms with E-state index in [9.17, 15) is 14.4 Å². The molecule has 7 nitrogen and oxygen atoms in total.